The number of primary amides is 1. The minimum absolute atomic E-state index is 0.163. The van der Waals surface area contributed by atoms with Crippen LogP contribution < -0.4 is 11.1 Å². The molecular weight excluding hydrogens is 208 g/mol. The molecule has 0 radical (unpaired) electrons. The van der Waals surface area contributed by atoms with E-state index in [2.05, 4.69) is 10.1 Å². The molecule has 0 rings (SSSR count). The van der Waals surface area contributed by atoms with Crippen molar-refractivity contribution in [1.29, 1.82) is 0 Å². The van der Waals surface area contributed by atoms with Crippen LogP contribution in [-0.2, 0) is 14.6 Å². The Labute approximate surface area is 83.7 Å². The first-order chi connectivity index (χ1) is 6.42. The minimum atomic E-state index is -2.88. The zero-order valence-corrected chi connectivity index (χ0v) is 8.97. The van der Waals surface area contributed by atoms with Gasteiger partial charge in [0.15, 0.2) is 0 Å². The van der Waals surface area contributed by atoms with E-state index in [1.165, 1.54) is 6.26 Å². The minimum Gasteiger partial charge on any atom is -0.448 e. The fraction of sp³-hybridized carbons (Fsp3) is 0.857. The molecule has 0 aliphatic rings. The summed E-state index contributed by atoms with van der Waals surface area (Å²) in [6.45, 7) is 1.26. The van der Waals surface area contributed by atoms with Crippen molar-refractivity contribution in [2.24, 2.45) is 5.73 Å². The van der Waals surface area contributed by atoms with Crippen LogP contribution in [0.5, 0.6) is 0 Å². The summed E-state index contributed by atoms with van der Waals surface area (Å²) in [4.78, 5) is 10.1. The molecule has 0 aromatic rings. The summed E-state index contributed by atoms with van der Waals surface area (Å²) < 4.78 is 25.8. The first-order valence-electron chi connectivity index (χ1n) is 4.22. The summed E-state index contributed by atoms with van der Waals surface area (Å²) in [5, 5.41) is 2.92. The lowest BCUT2D eigenvalue weighted by molar-refractivity contribution is 0.157. The summed E-state index contributed by atoms with van der Waals surface area (Å²) in [7, 11) is -2.88. The van der Waals surface area contributed by atoms with Crippen molar-refractivity contribution >= 4 is 15.9 Å². The number of hydrogen-bond donors (Lipinski definition) is 2. The molecule has 0 unspecified atom stereocenters. The summed E-state index contributed by atoms with van der Waals surface area (Å²) in [6.07, 6.45) is 0.946. The van der Waals surface area contributed by atoms with Gasteiger partial charge in [0.1, 0.15) is 16.4 Å². The van der Waals surface area contributed by atoms with Crippen LogP contribution in [0.3, 0.4) is 0 Å². The van der Waals surface area contributed by atoms with Gasteiger partial charge >= 0.3 is 6.09 Å². The molecule has 0 aromatic carbocycles. The monoisotopic (exact) mass is 224 g/mol. The quantitative estimate of drug-likeness (QED) is 0.546. The molecule has 0 aliphatic heterocycles. The Kier molecular flexibility index (Phi) is 6.22. The number of hydrogen-bond acceptors (Lipinski definition) is 5. The summed E-state index contributed by atoms with van der Waals surface area (Å²) >= 11 is 0. The topological polar surface area (TPSA) is 98.5 Å². The highest BCUT2D eigenvalue weighted by Crippen LogP contribution is 1.86. The lowest BCUT2D eigenvalue weighted by atomic mass is 10.5. The molecule has 7 heteroatoms. The summed E-state index contributed by atoms with van der Waals surface area (Å²) in [5.74, 6) is 0.163. The first-order valence-corrected chi connectivity index (χ1v) is 6.28. The predicted octanol–water partition coefficient (Wildman–Crippen LogP) is -0.894. The van der Waals surface area contributed by atoms with Crippen molar-refractivity contribution in [2.75, 3.05) is 31.7 Å². The van der Waals surface area contributed by atoms with E-state index >= 15 is 0 Å². The Balaban J connectivity index is 3.19. The maximum absolute atomic E-state index is 10.7. The van der Waals surface area contributed by atoms with Crippen LogP contribution in [0.15, 0.2) is 0 Å². The van der Waals surface area contributed by atoms with E-state index in [-0.39, 0.29) is 12.4 Å². The molecule has 14 heavy (non-hydrogen) atoms. The molecule has 0 saturated carbocycles. The molecule has 0 fully saturated rings. The van der Waals surface area contributed by atoms with Gasteiger partial charge in [-0.3, -0.25) is 0 Å². The van der Waals surface area contributed by atoms with Crippen molar-refractivity contribution in [3.63, 3.8) is 0 Å². The molecule has 0 bridgehead atoms. The molecule has 0 heterocycles. The summed E-state index contributed by atoms with van der Waals surface area (Å²) in [6, 6.07) is 0. The number of ether oxygens (including phenoxy) is 1. The van der Waals surface area contributed by atoms with Crippen LogP contribution in [-0.4, -0.2) is 46.2 Å². The van der Waals surface area contributed by atoms with Crippen molar-refractivity contribution in [3.05, 3.63) is 0 Å². The lowest BCUT2D eigenvalue weighted by Gasteiger charge is -2.03. The van der Waals surface area contributed by atoms with Crippen molar-refractivity contribution in [3.8, 4) is 0 Å². The fourth-order valence-electron chi connectivity index (χ4n) is 0.808. The normalized spacial score (nSPS) is 11.2. The van der Waals surface area contributed by atoms with Crippen molar-refractivity contribution < 1.29 is 17.9 Å². The smallest absolute Gasteiger partial charge is 0.404 e. The summed E-state index contributed by atoms with van der Waals surface area (Å²) in [5.41, 5.74) is 4.72. The lowest BCUT2D eigenvalue weighted by Crippen LogP contribution is -2.25. The zero-order valence-electron chi connectivity index (χ0n) is 8.15. The second-order valence-electron chi connectivity index (χ2n) is 2.90. The van der Waals surface area contributed by atoms with Crippen LogP contribution in [0, 0.1) is 0 Å². The number of carbonyl (C=O) groups excluding carboxylic acids is 1. The number of nitrogens with two attached hydrogens (primary N) is 1. The number of nitrogens with one attached hydrogen (secondary N) is 1. The van der Waals surface area contributed by atoms with Gasteiger partial charge in [-0.1, -0.05) is 0 Å². The van der Waals surface area contributed by atoms with Gasteiger partial charge in [-0.25, -0.2) is 13.2 Å². The Hall–Kier alpha value is -0.820. The highest BCUT2D eigenvalue weighted by Gasteiger charge is 2.00. The number of rotatable bonds is 7. The molecule has 3 N–H and O–H groups in total. The van der Waals surface area contributed by atoms with Gasteiger partial charge in [0.05, 0.1) is 5.75 Å². The largest absolute Gasteiger partial charge is 0.448 e. The Morgan fingerprint density at radius 1 is 1.43 bits per heavy atom. The standard InChI is InChI=1S/C7H16N2O4S/c1-14(11,12)6-2-3-9-4-5-13-7(8)10/h9H,2-6H2,1H3,(H2,8,10). The van der Waals surface area contributed by atoms with E-state index in [9.17, 15) is 13.2 Å². The van der Waals surface area contributed by atoms with E-state index in [1.54, 1.807) is 0 Å². The second kappa shape index (κ2) is 6.61. The van der Waals surface area contributed by atoms with E-state index < -0.39 is 15.9 Å². The molecule has 0 saturated heterocycles. The number of amides is 1. The molecule has 0 aromatic heterocycles. The van der Waals surface area contributed by atoms with Gasteiger partial charge < -0.3 is 15.8 Å². The zero-order chi connectivity index (χ0) is 11.0. The van der Waals surface area contributed by atoms with E-state index in [4.69, 9.17) is 5.73 Å². The highest BCUT2D eigenvalue weighted by molar-refractivity contribution is 7.90. The van der Waals surface area contributed by atoms with Crippen LogP contribution in [0.1, 0.15) is 6.42 Å². The fourth-order valence-corrected chi connectivity index (χ4v) is 1.48. The van der Waals surface area contributed by atoms with Gasteiger partial charge in [-0.15, -0.1) is 0 Å². The van der Waals surface area contributed by atoms with Crippen LogP contribution in [0.4, 0.5) is 4.79 Å². The van der Waals surface area contributed by atoms with Crippen LogP contribution in [0.2, 0.25) is 0 Å². The third-order valence-electron chi connectivity index (χ3n) is 1.39. The molecule has 6 nitrogen and oxygen atoms in total. The van der Waals surface area contributed by atoms with Gasteiger partial charge in [-0.2, -0.15) is 0 Å². The van der Waals surface area contributed by atoms with Gasteiger partial charge in [0.25, 0.3) is 0 Å². The molecule has 84 valence electrons. The van der Waals surface area contributed by atoms with Gasteiger partial charge in [0.2, 0.25) is 0 Å². The van der Waals surface area contributed by atoms with Crippen LogP contribution in [0.25, 0.3) is 0 Å². The first kappa shape index (κ1) is 13.2. The molecule has 1 amide bonds. The third-order valence-corrected chi connectivity index (χ3v) is 2.42. The molecule has 0 atom stereocenters. The van der Waals surface area contributed by atoms with E-state index in [1.807, 2.05) is 0 Å². The molecular formula is C7H16N2O4S. The number of carbonyl (C=O) groups is 1. The molecule has 0 aliphatic carbocycles. The van der Waals surface area contributed by atoms with Crippen molar-refractivity contribution in [2.45, 2.75) is 6.42 Å². The molecule has 0 spiro atoms. The van der Waals surface area contributed by atoms with Crippen molar-refractivity contribution in [1.82, 2.24) is 5.32 Å². The predicted molar refractivity (Wildman–Crippen MR) is 52.7 cm³/mol. The average molecular weight is 224 g/mol. The second-order valence-corrected chi connectivity index (χ2v) is 5.16. The van der Waals surface area contributed by atoms with Crippen LogP contribution >= 0.6 is 0 Å². The number of sulfone groups is 1. The SMILES string of the molecule is CS(=O)(=O)CCCNCCOC(N)=O. The average Bonchev–Trinajstić information content (AvgIpc) is 2.00. The van der Waals surface area contributed by atoms with E-state index in [0.717, 1.165) is 0 Å². The maximum Gasteiger partial charge on any atom is 0.404 e. The van der Waals surface area contributed by atoms with E-state index in [0.29, 0.717) is 19.5 Å². The van der Waals surface area contributed by atoms with Gasteiger partial charge in [-0.05, 0) is 13.0 Å². The third kappa shape index (κ3) is 11.2. The Morgan fingerprint density at radius 2 is 2.07 bits per heavy atom. The van der Waals surface area contributed by atoms with Gasteiger partial charge in [0, 0.05) is 12.8 Å². The Morgan fingerprint density at radius 3 is 2.57 bits per heavy atom. The highest BCUT2D eigenvalue weighted by atomic mass is 32.2. The maximum atomic E-state index is 10.7. The Bertz CT molecular complexity index is 263.